The van der Waals surface area contributed by atoms with Crippen LogP contribution in [0.3, 0.4) is 0 Å². The average Bonchev–Trinajstić information content (AvgIpc) is 2.91. The van der Waals surface area contributed by atoms with Gasteiger partial charge in [0.1, 0.15) is 0 Å². The van der Waals surface area contributed by atoms with Gasteiger partial charge in [0, 0.05) is 25.6 Å². The van der Waals surface area contributed by atoms with Crippen molar-refractivity contribution in [2.45, 2.75) is 51.0 Å². The highest BCUT2D eigenvalue weighted by molar-refractivity contribution is 5.85. The Morgan fingerprint density at radius 3 is 2.67 bits per heavy atom. The lowest BCUT2D eigenvalue weighted by molar-refractivity contribution is -0.133. The molecule has 0 aromatic rings. The molecular weight excluding hydrogens is 248 g/mol. The van der Waals surface area contributed by atoms with Crippen LogP contribution in [0.4, 0.5) is 0 Å². The van der Waals surface area contributed by atoms with Gasteiger partial charge in [0.15, 0.2) is 0 Å². The molecule has 3 rings (SSSR count). The molecule has 2 aliphatic carbocycles. The zero-order chi connectivity index (χ0) is 11.8. The zero-order valence-electron chi connectivity index (χ0n) is 11.0. The molecule has 0 spiro atoms. The molecule has 3 fully saturated rings. The van der Waals surface area contributed by atoms with E-state index in [0.29, 0.717) is 11.8 Å². The summed E-state index contributed by atoms with van der Waals surface area (Å²) in [5.74, 6) is 2.88. The van der Waals surface area contributed by atoms with Crippen LogP contribution < -0.4 is 5.73 Å². The van der Waals surface area contributed by atoms with E-state index in [4.69, 9.17) is 5.73 Å². The summed E-state index contributed by atoms with van der Waals surface area (Å²) in [6, 6.07) is 0.215. The summed E-state index contributed by atoms with van der Waals surface area (Å²) < 4.78 is 0. The first-order valence-electron chi connectivity index (χ1n) is 7.25. The van der Waals surface area contributed by atoms with Crippen LogP contribution in [0.5, 0.6) is 0 Å². The molecule has 3 aliphatic rings. The van der Waals surface area contributed by atoms with Crippen LogP contribution >= 0.6 is 12.4 Å². The molecule has 0 radical (unpaired) electrons. The fourth-order valence-corrected chi connectivity index (χ4v) is 4.22. The van der Waals surface area contributed by atoms with Gasteiger partial charge < -0.3 is 10.6 Å². The minimum atomic E-state index is 0. The minimum Gasteiger partial charge on any atom is -0.341 e. The number of rotatable bonds is 2. The number of piperidine rings is 1. The van der Waals surface area contributed by atoms with Gasteiger partial charge in [-0.05, 0) is 49.9 Å². The number of carbonyl (C=O) groups excluding carboxylic acids is 1. The molecule has 104 valence electrons. The van der Waals surface area contributed by atoms with Gasteiger partial charge in [0.05, 0.1) is 0 Å². The fraction of sp³-hybridized carbons (Fsp3) is 0.929. The van der Waals surface area contributed by atoms with Crippen molar-refractivity contribution >= 4 is 18.3 Å². The summed E-state index contributed by atoms with van der Waals surface area (Å²) in [7, 11) is 0. The Hall–Kier alpha value is -0.280. The SMILES string of the molecule is Cl.NC1CCCN(C(=O)CC2CC3CCC2C3)C1. The molecule has 2 bridgehead atoms. The number of nitrogens with two attached hydrogens (primary N) is 1. The highest BCUT2D eigenvalue weighted by atomic mass is 35.5. The van der Waals surface area contributed by atoms with Crippen LogP contribution in [0, 0.1) is 17.8 Å². The standard InChI is InChI=1S/C14H24N2O.ClH/c15-13-2-1-5-16(9-13)14(17)8-12-7-10-3-4-11(12)6-10;/h10-13H,1-9,15H2;1H. The van der Waals surface area contributed by atoms with Crippen LogP contribution in [0.15, 0.2) is 0 Å². The van der Waals surface area contributed by atoms with Crippen molar-refractivity contribution in [2.75, 3.05) is 13.1 Å². The quantitative estimate of drug-likeness (QED) is 0.838. The van der Waals surface area contributed by atoms with Crippen molar-refractivity contribution in [3.05, 3.63) is 0 Å². The first kappa shape index (κ1) is 14.1. The van der Waals surface area contributed by atoms with Gasteiger partial charge in [0.2, 0.25) is 5.91 Å². The Morgan fingerprint density at radius 1 is 1.22 bits per heavy atom. The van der Waals surface area contributed by atoms with E-state index in [9.17, 15) is 4.79 Å². The topological polar surface area (TPSA) is 46.3 Å². The highest BCUT2D eigenvalue weighted by Crippen LogP contribution is 2.49. The number of carbonyl (C=O) groups is 1. The highest BCUT2D eigenvalue weighted by Gasteiger charge is 2.40. The average molecular weight is 273 g/mol. The molecule has 1 heterocycles. The molecule has 4 heteroatoms. The molecule has 4 atom stereocenters. The predicted molar refractivity (Wildman–Crippen MR) is 74.6 cm³/mol. The summed E-state index contributed by atoms with van der Waals surface area (Å²) in [6.45, 7) is 1.73. The number of halogens is 1. The zero-order valence-corrected chi connectivity index (χ0v) is 11.8. The summed E-state index contributed by atoms with van der Waals surface area (Å²) in [6.07, 6.45) is 8.48. The number of nitrogens with zero attached hydrogens (tertiary/aromatic N) is 1. The van der Waals surface area contributed by atoms with Crippen LogP contribution in [-0.2, 0) is 4.79 Å². The second kappa shape index (κ2) is 5.79. The second-order valence-corrected chi connectivity index (χ2v) is 6.38. The monoisotopic (exact) mass is 272 g/mol. The second-order valence-electron chi connectivity index (χ2n) is 6.38. The molecule has 18 heavy (non-hydrogen) atoms. The Morgan fingerprint density at radius 2 is 2.06 bits per heavy atom. The van der Waals surface area contributed by atoms with E-state index >= 15 is 0 Å². The third kappa shape index (κ3) is 2.83. The van der Waals surface area contributed by atoms with E-state index in [-0.39, 0.29) is 18.4 Å². The first-order chi connectivity index (χ1) is 8.22. The van der Waals surface area contributed by atoms with Crippen molar-refractivity contribution in [1.29, 1.82) is 0 Å². The third-order valence-electron chi connectivity index (χ3n) is 5.13. The van der Waals surface area contributed by atoms with Gasteiger partial charge in [-0.25, -0.2) is 0 Å². The number of likely N-dealkylation sites (tertiary alicyclic amines) is 1. The van der Waals surface area contributed by atoms with Crippen molar-refractivity contribution in [1.82, 2.24) is 4.90 Å². The molecule has 3 nitrogen and oxygen atoms in total. The molecule has 1 amide bonds. The van der Waals surface area contributed by atoms with E-state index in [0.717, 1.165) is 44.2 Å². The summed E-state index contributed by atoms with van der Waals surface area (Å²) in [5, 5.41) is 0. The maximum absolute atomic E-state index is 12.2. The first-order valence-corrected chi connectivity index (χ1v) is 7.25. The maximum Gasteiger partial charge on any atom is 0.222 e. The predicted octanol–water partition coefficient (Wildman–Crippen LogP) is 2.18. The summed E-state index contributed by atoms with van der Waals surface area (Å²) >= 11 is 0. The lowest BCUT2D eigenvalue weighted by Crippen LogP contribution is -2.46. The molecule has 4 unspecified atom stereocenters. The number of fused-ring (bicyclic) bond motifs is 2. The van der Waals surface area contributed by atoms with Crippen LogP contribution in [0.25, 0.3) is 0 Å². The normalized spacial score (nSPS) is 38.6. The number of amides is 1. The maximum atomic E-state index is 12.2. The Balaban J connectivity index is 0.00000120. The van der Waals surface area contributed by atoms with Gasteiger partial charge in [-0.3, -0.25) is 4.79 Å². The van der Waals surface area contributed by atoms with Crippen molar-refractivity contribution in [2.24, 2.45) is 23.5 Å². The molecule has 2 saturated carbocycles. The fourth-order valence-electron chi connectivity index (χ4n) is 4.22. The van der Waals surface area contributed by atoms with Crippen molar-refractivity contribution in [3.8, 4) is 0 Å². The number of hydrogen-bond donors (Lipinski definition) is 1. The largest absolute Gasteiger partial charge is 0.341 e. The molecule has 1 saturated heterocycles. The minimum absolute atomic E-state index is 0. The van der Waals surface area contributed by atoms with E-state index < -0.39 is 0 Å². The Bertz CT molecular complexity index is 310. The summed E-state index contributed by atoms with van der Waals surface area (Å²) in [4.78, 5) is 14.3. The van der Waals surface area contributed by atoms with E-state index in [1.807, 2.05) is 4.90 Å². The van der Waals surface area contributed by atoms with Crippen LogP contribution in [-0.4, -0.2) is 29.9 Å². The Kier molecular flexibility index (Phi) is 4.54. The molecule has 0 aromatic heterocycles. The summed E-state index contributed by atoms with van der Waals surface area (Å²) in [5.41, 5.74) is 5.94. The van der Waals surface area contributed by atoms with E-state index in [1.54, 1.807) is 0 Å². The van der Waals surface area contributed by atoms with Gasteiger partial charge in [0.25, 0.3) is 0 Å². The van der Waals surface area contributed by atoms with Gasteiger partial charge >= 0.3 is 0 Å². The molecule has 1 aliphatic heterocycles. The van der Waals surface area contributed by atoms with E-state index in [1.165, 1.54) is 25.7 Å². The van der Waals surface area contributed by atoms with Gasteiger partial charge in [-0.2, -0.15) is 0 Å². The molecular formula is C14H25ClN2O. The van der Waals surface area contributed by atoms with Crippen molar-refractivity contribution < 1.29 is 4.79 Å². The molecule has 0 aromatic carbocycles. The number of hydrogen-bond acceptors (Lipinski definition) is 2. The van der Waals surface area contributed by atoms with Gasteiger partial charge in [-0.1, -0.05) is 6.42 Å². The molecule has 2 N–H and O–H groups in total. The lowest BCUT2D eigenvalue weighted by atomic mass is 9.86. The van der Waals surface area contributed by atoms with Crippen molar-refractivity contribution in [3.63, 3.8) is 0 Å². The van der Waals surface area contributed by atoms with Crippen LogP contribution in [0.1, 0.15) is 44.9 Å². The van der Waals surface area contributed by atoms with E-state index in [2.05, 4.69) is 0 Å². The Labute approximate surface area is 116 Å². The smallest absolute Gasteiger partial charge is 0.222 e. The van der Waals surface area contributed by atoms with Gasteiger partial charge in [-0.15, -0.1) is 12.4 Å². The lowest BCUT2D eigenvalue weighted by Gasteiger charge is -2.32. The third-order valence-corrected chi connectivity index (χ3v) is 5.13. The van der Waals surface area contributed by atoms with Crippen LogP contribution in [0.2, 0.25) is 0 Å².